The molecule has 0 bridgehead atoms. The number of alkyl halides is 1. The number of rotatable bonds is 5. The molecule has 1 aromatic carbocycles. The van der Waals surface area contributed by atoms with E-state index in [1.807, 2.05) is 30.5 Å². The van der Waals surface area contributed by atoms with Crippen LogP contribution in [0.5, 0.6) is 0 Å². The zero-order valence-corrected chi connectivity index (χ0v) is 17.2. The zero-order valence-electron chi connectivity index (χ0n) is 17.2. The minimum atomic E-state index is -1.06. The Balaban J connectivity index is 1.27. The molecule has 2 fully saturated rings. The molecule has 2 amide bonds. The smallest absolute Gasteiger partial charge is 0.276 e. The van der Waals surface area contributed by atoms with Gasteiger partial charge in [-0.05, 0) is 24.5 Å². The Hall–Kier alpha value is -3.23. The highest BCUT2D eigenvalue weighted by molar-refractivity contribution is 5.92. The molecule has 3 aromatic rings. The van der Waals surface area contributed by atoms with E-state index in [0.29, 0.717) is 12.2 Å². The molecule has 9 heteroatoms. The summed E-state index contributed by atoms with van der Waals surface area (Å²) in [5, 5.41) is 9.07. The van der Waals surface area contributed by atoms with E-state index in [1.165, 1.54) is 0 Å². The molecule has 2 unspecified atom stereocenters. The van der Waals surface area contributed by atoms with Crippen LogP contribution in [0.25, 0.3) is 10.9 Å². The molecule has 0 aliphatic carbocycles. The van der Waals surface area contributed by atoms with Crippen molar-refractivity contribution in [1.29, 1.82) is 0 Å². The van der Waals surface area contributed by atoms with Crippen LogP contribution >= 0.6 is 0 Å². The number of aromatic nitrogens is 4. The second-order valence-corrected chi connectivity index (χ2v) is 8.39. The molecule has 162 valence electrons. The number of halogens is 1. The van der Waals surface area contributed by atoms with Crippen LogP contribution in [0, 0.1) is 0 Å². The predicted octanol–water partition coefficient (Wildman–Crippen LogP) is 2.18. The van der Waals surface area contributed by atoms with Crippen LogP contribution in [0.3, 0.4) is 0 Å². The molecule has 1 N–H and O–H groups in total. The van der Waals surface area contributed by atoms with Crippen molar-refractivity contribution in [2.75, 3.05) is 19.6 Å². The first-order chi connectivity index (χ1) is 15.1. The van der Waals surface area contributed by atoms with Gasteiger partial charge < -0.3 is 14.8 Å². The third-order valence-electron chi connectivity index (χ3n) is 6.25. The van der Waals surface area contributed by atoms with Gasteiger partial charge >= 0.3 is 0 Å². The lowest BCUT2D eigenvalue weighted by Gasteiger charge is -2.24. The Morgan fingerprint density at radius 2 is 2.00 bits per heavy atom. The zero-order chi connectivity index (χ0) is 21.4. The van der Waals surface area contributed by atoms with Gasteiger partial charge in [0.2, 0.25) is 5.91 Å². The molecule has 2 saturated heterocycles. The van der Waals surface area contributed by atoms with E-state index in [1.54, 1.807) is 20.7 Å². The number of nitrogens with zero attached hydrogens (tertiary/aromatic N) is 5. The van der Waals surface area contributed by atoms with E-state index in [0.717, 1.165) is 42.4 Å². The van der Waals surface area contributed by atoms with Crippen LogP contribution in [-0.4, -0.2) is 73.4 Å². The van der Waals surface area contributed by atoms with Crippen LogP contribution in [0.1, 0.15) is 35.3 Å². The first-order valence-electron chi connectivity index (χ1n) is 10.8. The SMILES string of the molecule is O=C(c1cn(CC2CC(F)CN2C(=O)Cc2c[nH]c3ccccc23)nn1)N1CCCC1. The van der Waals surface area contributed by atoms with Crippen LogP contribution < -0.4 is 0 Å². The number of para-hydroxylation sites is 1. The summed E-state index contributed by atoms with van der Waals surface area (Å²) in [6.45, 7) is 1.89. The number of amides is 2. The van der Waals surface area contributed by atoms with Crippen LogP contribution in [0.2, 0.25) is 0 Å². The van der Waals surface area contributed by atoms with Crippen LogP contribution in [0.4, 0.5) is 4.39 Å². The van der Waals surface area contributed by atoms with E-state index in [2.05, 4.69) is 15.3 Å². The van der Waals surface area contributed by atoms with Gasteiger partial charge in [-0.2, -0.15) is 0 Å². The molecule has 0 saturated carbocycles. The second-order valence-electron chi connectivity index (χ2n) is 8.39. The average molecular weight is 424 g/mol. The molecule has 2 aliphatic heterocycles. The number of fused-ring (bicyclic) bond motifs is 1. The third-order valence-corrected chi connectivity index (χ3v) is 6.25. The molecule has 2 atom stereocenters. The number of carbonyl (C=O) groups excluding carboxylic acids is 2. The highest BCUT2D eigenvalue weighted by Gasteiger charge is 2.36. The molecule has 5 rings (SSSR count). The number of aromatic amines is 1. The maximum atomic E-state index is 14.3. The largest absolute Gasteiger partial charge is 0.361 e. The maximum Gasteiger partial charge on any atom is 0.276 e. The Labute approximate surface area is 179 Å². The van der Waals surface area contributed by atoms with Gasteiger partial charge in [0.25, 0.3) is 5.91 Å². The van der Waals surface area contributed by atoms with Gasteiger partial charge in [-0.3, -0.25) is 9.59 Å². The molecular formula is C22H25FN6O2. The first kappa shape index (κ1) is 19.7. The molecule has 31 heavy (non-hydrogen) atoms. The molecule has 2 aliphatic rings. The summed E-state index contributed by atoms with van der Waals surface area (Å²) in [6.07, 6.45) is 4.87. The Kier molecular flexibility index (Phi) is 5.17. The third kappa shape index (κ3) is 3.92. The summed E-state index contributed by atoms with van der Waals surface area (Å²) < 4.78 is 15.8. The van der Waals surface area contributed by atoms with E-state index in [4.69, 9.17) is 0 Å². The summed E-state index contributed by atoms with van der Waals surface area (Å²) in [4.78, 5) is 32.1. The van der Waals surface area contributed by atoms with Gasteiger partial charge in [-0.15, -0.1) is 5.10 Å². The molecule has 4 heterocycles. The number of likely N-dealkylation sites (tertiary alicyclic amines) is 2. The summed E-state index contributed by atoms with van der Waals surface area (Å²) in [5.74, 6) is -0.228. The number of hydrogen-bond donors (Lipinski definition) is 1. The van der Waals surface area contributed by atoms with Gasteiger partial charge in [-0.25, -0.2) is 9.07 Å². The predicted molar refractivity (Wildman–Crippen MR) is 112 cm³/mol. The standard InChI is InChI=1S/C22H25FN6O2/c23-16-10-17(13-28-14-20(25-26-28)22(31)27-7-3-4-8-27)29(12-16)21(30)9-15-11-24-19-6-2-1-5-18(15)19/h1-2,5-6,11,14,16-17,24H,3-4,7-10,12-13H2. The molecular weight excluding hydrogens is 399 g/mol. The lowest BCUT2D eigenvalue weighted by atomic mass is 10.1. The van der Waals surface area contributed by atoms with Gasteiger partial charge in [0.05, 0.1) is 31.7 Å². The number of nitrogens with one attached hydrogen (secondary N) is 1. The van der Waals surface area contributed by atoms with E-state index < -0.39 is 6.17 Å². The molecule has 0 spiro atoms. The molecule has 8 nitrogen and oxygen atoms in total. The van der Waals surface area contributed by atoms with Crippen molar-refractivity contribution >= 4 is 22.7 Å². The van der Waals surface area contributed by atoms with Gasteiger partial charge in [-0.1, -0.05) is 23.4 Å². The molecule has 0 radical (unpaired) electrons. The summed E-state index contributed by atoms with van der Waals surface area (Å²) in [6, 6.07) is 7.50. The number of hydrogen-bond acceptors (Lipinski definition) is 4. The minimum absolute atomic E-state index is 0.0835. The quantitative estimate of drug-likeness (QED) is 0.680. The van der Waals surface area contributed by atoms with Gasteiger partial charge in [0.1, 0.15) is 6.17 Å². The maximum absolute atomic E-state index is 14.3. The Morgan fingerprint density at radius 3 is 2.84 bits per heavy atom. The van der Waals surface area contributed by atoms with Crippen molar-refractivity contribution in [3.8, 4) is 0 Å². The summed E-state index contributed by atoms with van der Waals surface area (Å²) in [7, 11) is 0. The van der Waals surface area contributed by atoms with Gasteiger partial charge in [0, 0.05) is 36.6 Å². The molecule has 2 aromatic heterocycles. The first-order valence-corrected chi connectivity index (χ1v) is 10.8. The van der Waals surface area contributed by atoms with E-state index >= 15 is 0 Å². The fraction of sp³-hybridized carbons (Fsp3) is 0.455. The van der Waals surface area contributed by atoms with Crippen molar-refractivity contribution in [3.63, 3.8) is 0 Å². The highest BCUT2D eigenvalue weighted by Crippen LogP contribution is 2.25. The van der Waals surface area contributed by atoms with Crippen molar-refractivity contribution < 1.29 is 14.0 Å². The van der Waals surface area contributed by atoms with E-state index in [9.17, 15) is 14.0 Å². The lowest BCUT2D eigenvalue weighted by molar-refractivity contribution is -0.131. The minimum Gasteiger partial charge on any atom is -0.361 e. The van der Waals surface area contributed by atoms with Crippen molar-refractivity contribution in [2.45, 2.75) is 44.4 Å². The highest BCUT2D eigenvalue weighted by atomic mass is 19.1. The number of H-pyrrole nitrogens is 1. The Morgan fingerprint density at radius 1 is 1.19 bits per heavy atom. The monoisotopic (exact) mass is 424 g/mol. The van der Waals surface area contributed by atoms with Crippen LogP contribution in [0.15, 0.2) is 36.7 Å². The fourth-order valence-corrected chi connectivity index (χ4v) is 4.66. The van der Waals surface area contributed by atoms with Crippen molar-refractivity contribution in [2.24, 2.45) is 0 Å². The fourth-order valence-electron chi connectivity index (χ4n) is 4.66. The van der Waals surface area contributed by atoms with Crippen LogP contribution in [-0.2, 0) is 17.8 Å². The van der Waals surface area contributed by atoms with E-state index in [-0.39, 0.29) is 37.2 Å². The van der Waals surface area contributed by atoms with Crippen molar-refractivity contribution in [1.82, 2.24) is 29.8 Å². The summed E-state index contributed by atoms with van der Waals surface area (Å²) in [5.41, 5.74) is 2.18. The normalized spacial score (nSPS) is 21.3. The Bertz CT molecular complexity index is 1100. The number of carbonyl (C=O) groups is 2. The topological polar surface area (TPSA) is 87.1 Å². The summed E-state index contributed by atoms with van der Waals surface area (Å²) >= 11 is 0. The average Bonchev–Trinajstić information content (AvgIpc) is 3.55. The second kappa shape index (κ2) is 8.13. The van der Waals surface area contributed by atoms with Gasteiger partial charge in [0.15, 0.2) is 5.69 Å². The van der Waals surface area contributed by atoms with Crippen molar-refractivity contribution in [3.05, 3.63) is 47.9 Å². The lowest BCUT2D eigenvalue weighted by Crippen LogP contribution is -2.39. The number of benzene rings is 1.